The minimum Gasteiger partial charge on any atom is -0.508 e. The number of benzene rings is 1. The minimum absolute atomic E-state index is 0.0419. The molecule has 102 valence electrons. The van der Waals surface area contributed by atoms with E-state index >= 15 is 0 Å². The van der Waals surface area contributed by atoms with Gasteiger partial charge in [0.25, 0.3) is 0 Å². The first-order chi connectivity index (χ1) is 9.11. The second kappa shape index (κ2) is 4.33. The van der Waals surface area contributed by atoms with E-state index in [0.717, 1.165) is 19.3 Å². The predicted molar refractivity (Wildman–Crippen MR) is 66.9 cm³/mol. The fourth-order valence-electron chi connectivity index (χ4n) is 2.60. The molecular formula is C14H16O5. The van der Waals surface area contributed by atoms with E-state index in [0.29, 0.717) is 30.3 Å². The number of ether oxygens (including phenoxy) is 2. The van der Waals surface area contributed by atoms with E-state index < -0.39 is 11.4 Å². The average molecular weight is 264 g/mol. The van der Waals surface area contributed by atoms with Crippen LogP contribution in [0.2, 0.25) is 0 Å². The Bertz CT molecular complexity index is 519. The molecule has 2 N–H and O–H groups in total. The number of aliphatic carboxylic acids is 1. The molecule has 5 heteroatoms. The lowest BCUT2D eigenvalue weighted by Gasteiger charge is -2.17. The summed E-state index contributed by atoms with van der Waals surface area (Å²) in [6.45, 7) is 1.13. The van der Waals surface area contributed by atoms with Crippen molar-refractivity contribution in [3.63, 3.8) is 0 Å². The molecule has 0 radical (unpaired) electrons. The third kappa shape index (κ3) is 2.20. The molecular weight excluding hydrogens is 248 g/mol. The average Bonchev–Trinajstić information content (AvgIpc) is 3.12. The monoisotopic (exact) mass is 264 g/mol. The number of carboxylic acids is 1. The van der Waals surface area contributed by atoms with Crippen LogP contribution in [0.15, 0.2) is 12.1 Å². The highest BCUT2D eigenvalue weighted by Gasteiger charge is 2.48. The van der Waals surface area contributed by atoms with Crippen LogP contribution in [0.25, 0.3) is 0 Å². The summed E-state index contributed by atoms with van der Waals surface area (Å²) in [4.78, 5) is 10.9. The third-order valence-corrected chi connectivity index (χ3v) is 3.78. The molecule has 1 heterocycles. The van der Waals surface area contributed by atoms with Crippen LogP contribution < -0.4 is 9.47 Å². The van der Waals surface area contributed by atoms with E-state index in [1.165, 1.54) is 6.07 Å². The highest BCUT2D eigenvalue weighted by atomic mass is 16.5. The van der Waals surface area contributed by atoms with Crippen molar-refractivity contribution < 1.29 is 24.5 Å². The summed E-state index contributed by atoms with van der Waals surface area (Å²) in [5.41, 5.74) is 0.236. The molecule has 1 aromatic carbocycles. The summed E-state index contributed by atoms with van der Waals surface area (Å²) >= 11 is 0. The summed E-state index contributed by atoms with van der Waals surface area (Å²) in [6, 6.07) is 3.28. The van der Waals surface area contributed by atoms with Crippen molar-refractivity contribution in [3.05, 3.63) is 17.7 Å². The zero-order chi connectivity index (χ0) is 13.5. The van der Waals surface area contributed by atoms with Gasteiger partial charge < -0.3 is 19.7 Å². The number of carboxylic acid groups (broad SMARTS) is 1. The largest absolute Gasteiger partial charge is 0.508 e. The van der Waals surface area contributed by atoms with Crippen LogP contribution in [-0.2, 0) is 10.2 Å². The van der Waals surface area contributed by atoms with Gasteiger partial charge in [-0.15, -0.1) is 0 Å². The summed E-state index contributed by atoms with van der Waals surface area (Å²) in [6.07, 6.45) is 2.41. The van der Waals surface area contributed by atoms with Gasteiger partial charge in [-0.3, -0.25) is 4.79 Å². The molecule has 0 unspecified atom stereocenters. The van der Waals surface area contributed by atoms with Crippen molar-refractivity contribution in [1.29, 1.82) is 0 Å². The maximum Gasteiger partial charge on any atom is 0.304 e. The van der Waals surface area contributed by atoms with E-state index in [-0.39, 0.29) is 12.2 Å². The van der Waals surface area contributed by atoms with Crippen LogP contribution in [0.3, 0.4) is 0 Å². The number of hydrogen-bond donors (Lipinski definition) is 2. The Morgan fingerprint density at radius 3 is 2.42 bits per heavy atom. The highest BCUT2D eigenvalue weighted by Crippen LogP contribution is 2.55. The van der Waals surface area contributed by atoms with Crippen LogP contribution in [-0.4, -0.2) is 29.4 Å². The number of hydrogen-bond acceptors (Lipinski definition) is 4. The van der Waals surface area contributed by atoms with Gasteiger partial charge in [0, 0.05) is 23.5 Å². The Balaban J connectivity index is 1.98. The van der Waals surface area contributed by atoms with Crippen molar-refractivity contribution in [2.75, 3.05) is 13.2 Å². The third-order valence-electron chi connectivity index (χ3n) is 3.78. The number of phenols is 1. The first-order valence-corrected chi connectivity index (χ1v) is 6.46. The topological polar surface area (TPSA) is 76.0 Å². The zero-order valence-electron chi connectivity index (χ0n) is 10.5. The molecule has 1 aliphatic carbocycles. The van der Waals surface area contributed by atoms with Gasteiger partial charge in [-0.05, 0) is 18.9 Å². The second-order valence-electron chi connectivity index (χ2n) is 5.22. The van der Waals surface area contributed by atoms with Gasteiger partial charge in [0.05, 0.1) is 19.6 Å². The molecule has 1 aliphatic heterocycles. The van der Waals surface area contributed by atoms with Gasteiger partial charge in [0.15, 0.2) is 11.5 Å². The van der Waals surface area contributed by atoms with E-state index in [1.54, 1.807) is 6.07 Å². The number of aromatic hydroxyl groups is 1. The molecule has 0 amide bonds. The molecule has 0 atom stereocenters. The highest BCUT2D eigenvalue weighted by molar-refractivity contribution is 5.71. The van der Waals surface area contributed by atoms with E-state index in [2.05, 4.69) is 0 Å². The molecule has 5 nitrogen and oxygen atoms in total. The van der Waals surface area contributed by atoms with Crippen LogP contribution in [0.4, 0.5) is 0 Å². The number of phenolic OH excluding ortho intramolecular Hbond substituents is 1. The van der Waals surface area contributed by atoms with Crippen LogP contribution in [0.5, 0.6) is 17.2 Å². The Hall–Kier alpha value is -1.91. The number of fused-ring (bicyclic) bond motifs is 1. The normalized spacial score (nSPS) is 19.6. The van der Waals surface area contributed by atoms with E-state index in [9.17, 15) is 9.90 Å². The minimum atomic E-state index is -0.844. The van der Waals surface area contributed by atoms with Crippen molar-refractivity contribution in [3.8, 4) is 17.2 Å². The molecule has 0 saturated heterocycles. The maximum atomic E-state index is 10.9. The summed E-state index contributed by atoms with van der Waals surface area (Å²) in [7, 11) is 0. The first-order valence-electron chi connectivity index (χ1n) is 6.46. The summed E-state index contributed by atoms with van der Waals surface area (Å²) in [5.74, 6) is 0.388. The SMILES string of the molecule is O=C(O)CC1(c2cc3c(cc2O)OCCCO3)CC1. The fraction of sp³-hybridized carbons (Fsp3) is 0.500. The number of carbonyl (C=O) groups is 1. The van der Waals surface area contributed by atoms with Gasteiger partial charge in [0.1, 0.15) is 5.75 Å². The van der Waals surface area contributed by atoms with Crippen molar-refractivity contribution in [2.45, 2.75) is 31.1 Å². The van der Waals surface area contributed by atoms with Gasteiger partial charge in [-0.1, -0.05) is 0 Å². The maximum absolute atomic E-state index is 10.9. The molecule has 2 aliphatic rings. The quantitative estimate of drug-likeness (QED) is 0.874. The molecule has 1 fully saturated rings. The van der Waals surface area contributed by atoms with Gasteiger partial charge in [-0.25, -0.2) is 0 Å². The lowest BCUT2D eigenvalue weighted by molar-refractivity contribution is -0.137. The van der Waals surface area contributed by atoms with Gasteiger partial charge in [-0.2, -0.15) is 0 Å². The second-order valence-corrected chi connectivity index (χ2v) is 5.22. The molecule has 0 bridgehead atoms. The Morgan fingerprint density at radius 2 is 1.84 bits per heavy atom. The zero-order valence-corrected chi connectivity index (χ0v) is 10.5. The van der Waals surface area contributed by atoms with Crippen LogP contribution in [0.1, 0.15) is 31.2 Å². The lowest BCUT2D eigenvalue weighted by atomic mass is 9.91. The Kier molecular flexibility index (Phi) is 2.77. The van der Waals surface area contributed by atoms with Gasteiger partial charge in [0.2, 0.25) is 0 Å². The first kappa shape index (κ1) is 12.1. The molecule has 0 spiro atoms. The van der Waals surface area contributed by atoms with Crippen molar-refractivity contribution in [1.82, 2.24) is 0 Å². The summed E-state index contributed by atoms with van der Waals surface area (Å²) < 4.78 is 11.1. The van der Waals surface area contributed by atoms with E-state index in [4.69, 9.17) is 14.6 Å². The molecule has 3 rings (SSSR count). The van der Waals surface area contributed by atoms with Crippen molar-refractivity contribution >= 4 is 5.97 Å². The molecule has 1 aromatic rings. The predicted octanol–water partition coefficient (Wildman–Crippen LogP) is 2.06. The van der Waals surface area contributed by atoms with Crippen molar-refractivity contribution in [2.24, 2.45) is 0 Å². The lowest BCUT2D eigenvalue weighted by Crippen LogP contribution is -2.13. The standard InChI is InChI=1S/C14H16O5/c15-10-7-12-11(18-4-1-5-19-12)6-9(10)14(2-3-14)8-13(16)17/h6-7,15H,1-5,8H2,(H,16,17). The Morgan fingerprint density at radius 1 is 1.21 bits per heavy atom. The Labute approximate surface area is 110 Å². The van der Waals surface area contributed by atoms with E-state index in [1.807, 2.05) is 0 Å². The molecule has 1 saturated carbocycles. The van der Waals surface area contributed by atoms with Gasteiger partial charge >= 0.3 is 5.97 Å². The summed E-state index contributed by atoms with van der Waals surface area (Å²) in [5, 5.41) is 19.1. The van der Waals surface area contributed by atoms with Crippen LogP contribution in [0, 0.1) is 0 Å². The molecule has 0 aromatic heterocycles. The smallest absolute Gasteiger partial charge is 0.304 e. The van der Waals surface area contributed by atoms with Crippen LogP contribution >= 0.6 is 0 Å². The molecule has 19 heavy (non-hydrogen) atoms. The number of rotatable bonds is 3. The fourth-order valence-corrected chi connectivity index (χ4v) is 2.60.